The number of methoxy groups -OCH3 is 2. The average Bonchev–Trinajstić information content (AvgIpc) is 3.75. The molecule has 11 nitrogen and oxygen atoms in total. The van der Waals surface area contributed by atoms with Crippen LogP contribution in [0.25, 0.3) is 0 Å². The van der Waals surface area contributed by atoms with Crippen LogP contribution in [0.15, 0.2) is 18.2 Å². The van der Waals surface area contributed by atoms with Crippen LogP contribution in [0.1, 0.15) is 104 Å². The van der Waals surface area contributed by atoms with Crippen molar-refractivity contribution in [2.24, 2.45) is 11.8 Å². The number of benzene rings is 1. The zero-order chi connectivity index (χ0) is 34.4. The minimum atomic E-state index is -1.24. The summed E-state index contributed by atoms with van der Waals surface area (Å²) in [6.45, 7) is 9.85. The lowest BCUT2D eigenvalue weighted by molar-refractivity contribution is -0.141. The average molecular weight is 645 g/mol. The van der Waals surface area contributed by atoms with Crippen LogP contribution < -0.4 is 25.4 Å². The first kappa shape index (κ1) is 38.6. The van der Waals surface area contributed by atoms with E-state index in [0.29, 0.717) is 24.3 Å². The fourth-order valence-corrected chi connectivity index (χ4v) is 5.76. The van der Waals surface area contributed by atoms with Crippen LogP contribution in [0, 0.1) is 11.8 Å². The molecule has 258 valence electrons. The lowest BCUT2D eigenvalue weighted by Crippen LogP contribution is -2.56. The number of carbonyl (C=O) groups is 5. The van der Waals surface area contributed by atoms with Crippen molar-refractivity contribution in [1.29, 1.82) is 0 Å². The van der Waals surface area contributed by atoms with E-state index in [1.807, 2.05) is 19.9 Å². The molecule has 3 N–H and O–H groups in total. The Morgan fingerprint density at radius 1 is 0.935 bits per heavy atom. The fraction of sp³-hybridized carbons (Fsp3) is 0.686. The number of ether oxygens (including phenoxy) is 2. The van der Waals surface area contributed by atoms with E-state index in [4.69, 9.17) is 9.47 Å². The highest BCUT2D eigenvalue weighted by Crippen LogP contribution is 2.49. The van der Waals surface area contributed by atoms with Gasteiger partial charge in [0.15, 0.2) is 0 Å². The van der Waals surface area contributed by atoms with Crippen LogP contribution in [0.4, 0.5) is 0 Å². The second kappa shape index (κ2) is 18.5. The van der Waals surface area contributed by atoms with Crippen LogP contribution in [-0.4, -0.2) is 73.2 Å². The number of ketones is 1. The monoisotopic (exact) mass is 644 g/mol. The van der Waals surface area contributed by atoms with Gasteiger partial charge in [-0.05, 0) is 57.1 Å². The second-order valence-corrected chi connectivity index (χ2v) is 13.1. The van der Waals surface area contributed by atoms with Gasteiger partial charge in [-0.3, -0.25) is 24.0 Å². The van der Waals surface area contributed by atoms with Gasteiger partial charge in [-0.2, -0.15) is 0 Å². The second-order valence-electron chi connectivity index (χ2n) is 13.1. The van der Waals surface area contributed by atoms with Gasteiger partial charge in [-0.15, -0.1) is 0 Å². The molecule has 2 unspecified atom stereocenters. The summed E-state index contributed by atoms with van der Waals surface area (Å²) in [5.74, 6) is -1.43. The van der Waals surface area contributed by atoms with E-state index < -0.39 is 29.2 Å². The number of rotatable bonds is 21. The summed E-state index contributed by atoms with van der Waals surface area (Å²) < 4.78 is 10.7. The highest BCUT2D eigenvalue weighted by atomic mass is 16.5. The van der Waals surface area contributed by atoms with Gasteiger partial charge in [0.2, 0.25) is 23.5 Å². The highest BCUT2D eigenvalue weighted by molar-refractivity contribution is 6.38. The summed E-state index contributed by atoms with van der Waals surface area (Å²) in [4.78, 5) is 67.5. The SMILES string of the molecule is CCCCCCCCC(=O)NC1(C(=O)N[C@@H](CCC(=O)N(C)Cc2ccc(OC)cc2OC)C(=O)C(=O)NC(C)C)CC1C(C)C. The van der Waals surface area contributed by atoms with Gasteiger partial charge in [0.1, 0.15) is 17.0 Å². The topological polar surface area (TPSA) is 143 Å². The quantitative estimate of drug-likeness (QED) is 0.134. The molecular weight excluding hydrogens is 588 g/mol. The number of amides is 4. The molecule has 0 aromatic heterocycles. The van der Waals surface area contributed by atoms with Crippen molar-refractivity contribution >= 4 is 29.4 Å². The Bertz CT molecular complexity index is 1200. The number of carbonyl (C=O) groups excluding carboxylic acids is 5. The molecule has 0 radical (unpaired) electrons. The van der Waals surface area contributed by atoms with Gasteiger partial charge in [0.05, 0.1) is 20.3 Å². The van der Waals surface area contributed by atoms with E-state index in [9.17, 15) is 24.0 Å². The molecule has 1 aromatic rings. The van der Waals surface area contributed by atoms with E-state index in [2.05, 4.69) is 22.9 Å². The van der Waals surface area contributed by atoms with Crippen LogP contribution in [0.3, 0.4) is 0 Å². The first-order valence-electron chi connectivity index (χ1n) is 16.7. The van der Waals surface area contributed by atoms with Crippen LogP contribution in [0.5, 0.6) is 11.5 Å². The van der Waals surface area contributed by atoms with E-state index in [1.165, 1.54) is 18.4 Å². The molecule has 0 saturated heterocycles. The maximum Gasteiger partial charge on any atom is 0.289 e. The molecule has 46 heavy (non-hydrogen) atoms. The van der Waals surface area contributed by atoms with Crippen LogP contribution in [0.2, 0.25) is 0 Å². The Balaban J connectivity index is 2.14. The van der Waals surface area contributed by atoms with Crippen LogP contribution >= 0.6 is 0 Å². The lowest BCUT2D eigenvalue weighted by atomic mass is 10.00. The Labute approximate surface area is 274 Å². The largest absolute Gasteiger partial charge is 0.497 e. The number of hydrogen-bond acceptors (Lipinski definition) is 7. The zero-order valence-corrected chi connectivity index (χ0v) is 29.1. The van der Waals surface area contributed by atoms with Crippen molar-refractivity contribution < 1.29 is 33.4 Å². The van der Waals surface area contributed by atoms with Crippen molar-refractivity contribution in [3.05, 3.63) is 23.8 Å². The Morgan fingerprint density at radius 2 is 1.61 bits per heavy atom. The molecule has 1 aliphatic rings. The van der Waals surface area contributed by atoms with Crippen molar-refractivity contribution in [2.45, 2.75) is 123 Å². The normalized spacial score (nSPS) is 17.7. The first-order valence-corrected chi connectivity index (χ1v) is 16.7. The van der Waals surface area contributed by atoms with E-state index in [-0.39, 0.29) is 49.1 Å². The number of Topliss-reactive ketones (excluding diaryl/α,β-unsaturated/α-hetero) is 1. The minimum Gasteiger partial charge on any atom is -0.497 e. The van der Waals surface area contributed by atoms with Gasteiger partial charge in [0.25, 0.3) is 5.91 Å². The van der Waals surface area contributed by atoms with Crippen molar-refractivity contribution in [3.8, 4) is 11.5 Å². The van der Waals surface area contributed by atoms with Crippen LogP contribution in [-0.2, 0) is 30.5 Å². The summed E-state index contributed by atoms with van der Waals surface area (Å²) in [6.07, 6.45) is 6.86. The highest BCUT2D eigenvalue weighted by Gasteiger charge is 2.62. The number of nitrogens with one attached hydrogen (secondary N) is 3. The molecule has 0 spiro atoms. The fourth-order valence-electron chi connectivity index (χ4n) is 5.76. The maximum absolute atomic E-state index is 13.8. The van der Waals surface area contributed by atoms with Gasteiger partial charge >= 0.3 is 0 Å². The summed E-state index contributed by atoms with van der Waals surface area (Å²) in [5.41, 5.74) is -0.379. The number of nitrogens with zero attached hydrogens (tertiary/aromatic N) is 1. The molecule has 0 bridgehead atoms. The van der Waals surface area contributed by atoms with Crippen molar-refractivity contribution in [2.75, 3.05) is 21.3 Å². The van der Waals surface area contributed by atoms with Gasteiger partial charge in [-0.1, -0.05) is 52.9 Å². The molecule has 1 aromatic carbocycles. The molecule has 11 heteroatoms. The predicted octanol–water partition coefficient (Wildman–Crippen LogP) is 4.30. The molecule has 2 rings (SSSR count). The summed E-state index contributed by atoms with van der Waals surface area (Å²) >= 11 is 0. The van der Waals surface area contributed by atoms with Crippen molar-refractivity contribution in [1.82, 2.24) is 20.9 Å². The predicted molar refractivity (Wildman–Crippen MR) is 177 cm³/mol. The third kappa shape index (κ3) is 11.3. The van der Waals surface area contributed by atoms with Gasteiger partial charge in [-0.25, -0.2) is 0 Å². The minimum absolute atomic E-state index is 0.0762. The number of unbranched alkanes of at least 4 members (excludes halogenated alkanes) is 5. The molecule has 4 amide bonds. The standard InChI is InChI=1S/C35H56N4O7/c1-9-10-11-12-13-14-15-30(40)38-35(21-27(35)23(2)3)34(44)37-28(32(42)33(43)36-24(4)5)18-19-31(41)39(6)22-25-16-17-26(45-7)20-29(25)46-8/h16-17,20,23-24,27-28H,9-15,18-19,21-22H2,1-8H3,(H,36,43)(H,37,44)(H,38,40)/t27?,28-,35?/m0/s1. The smallest absolute Gasteiger partial charge is 0.289 e. The van der Waals surface area contributed by atoms with E-state index >= 15 is 0 Å². The molecule has 1 aliphatic carbocycles. The van der Waals surface area contributed by atoms with E-state index in [0.717, 1.165) is 37.7 Å². The summed E-state index contributed by atoms with van der Waals surface area (Å²) in [7, 11) is 4.73. The Kier molecular flexibility index (Phi) is 15.5. The molecule has 3 atom stereocenters. The van der Waals surface area contributed by atoms with Gasteiger partial charge < -0.3 is 30.3 Å². The molecule has 1 fully saturated rings. The zero-order valence-electron chi connectivity index (χ0n) is 29.1. The summed E-state index contributed by atoms with van der Waals surface area (Å²) in [5, 5.41) is 8.32. The number of hydrogen-bond donors (Lipinski definition) is 3. The van der Waals surface area contributed by atoms with Gasteiger partial charge in [0, 0.05) is 44.1 Å². The van der Waals surface area contributed by atoms with Crippen molar-refractivity contribution in [3.63, 3.8) is 0 Å². The third-order valence-electron chi connectivity index (χ3n) is 8.58. The Morgan fingerprint density at radius 3 is 2.20 bits per heavy atom. The molecule has 0 heterocycles. The molecular formula is C35H56N4O7. The summed E-state index contributed by atoms with van der Waals surface area (Å²) in [6, 6.07) is 3.79. The first-order chi connectivity index (χ1) is 21.8. The molecule has 0 aliphatic heterocycles. The van der Waals surface area contributed by atoms with E-state index in [1.54, 1.807) is 40.1 Å². The lowest BCUT2D eigenvalue weighted by Gasteiger charge is -2.25. The maximum atomic E-state index is 13.8. The Hall–Kier alpha value is -3.63. The molecule has 1 saturated carbocycles. The third-order valence-corrected chi connectivity index (χ3v) is 8.58.